The van der Waals surface area contributed by atoms with Gasteiger partial charge in [0.15, 0.2) is 0 Å². The fourth-order valence-corrected chi connectivity index (χ4v) is 2.09. The van der Waals surface area contributed by atoms with E-state index in [1.165, 1.54) is 12.4 Å². The highest BCUT2D eigenvalue weighted by Crippen LogP contribution is 2.27. The number of hydrogen-bond donors (Lipinski definition) is 2. The highest BCUT2D eigenvalue weighted by atomic mass is 16.6. The molecular formula is C11H15N3O3. The van der Waals surface area contributed by atoms with E-state index in [1.807, 2.05) is 0 Å². The number of aliphatic hydroxyl groups is 1. The summed E-state index contributed by atoms with van der Waals surface area (Å²) in [4.78, 5) is 14.1. The van der Waals surface area contributed by atoms with Crippen LogP contribution in [0.1, 0.15) is 25.7 Å². The van der Waals surface area contributed by atoms with Gasteiger partial charge in [-0.15, -0.1) is 0 Å². The molecule has 1 aliphatic rings. The van der Waals surface area contributed by atoms with Crippen LogP contribution in [0.15, 0.2) is 18.5 Å². The van der Waals surface area contributed by atoms with E-state index in [4.69, 9.17) is 0 Å². The molecule has 92 valence electrons. The van der Waals surface area contributed by atoms with Crippen molar-refractivity contribution in [3.63, 3.8) is 0 Å². The summed E-state index contributed by atoms with van der Waals surface area (Å²) in [5.41, 5.74) is 0.505. The smallest absolute Gasteiger partial charge is 0.310 e. The van der Waals surface area contributed by atoms with Crippen molar-refractivity contribution in [2.75, 3.05) is 5.32 Å². The lowest BCUT2D eigenvalue weighted by atomic mass is 9.93. The van der Waals surface area contributed by atoms with Gasteiger partial charge in [-0.1, -0.05) is 0 Å². The van der Waals surface area contributed by atoms with Crippen LogP contribution in [0.25, 0.3) is 0 Å². The van der Waals surface area contributed by atoms with E-state index >= 15 is 0 Å². The van der Waals surface area contributed by atoms with Gasteiger partial charge in [-0.2, -0.15) is 0 Å². The Labute approximate surface area is 98.8 Å². The SMILES string of the molecule is O=[N+]([O-])c1cnccc1NC1CCC(O)CC1. The van der Waals surface area contributed by atoms with Crippen LogP contribution in [0.5, 0.6) is 0 Å². The molecule has 0 saturated heterocycles. The molecule has 2 rings (SSSR count). The first-order valence-electron chi connectivity index (χ1n) is 5.70. The Morgan fingerprint density at radius 3 is 2.76 bits per heavy atom. The van der Waals surface area contributed by atoms with E-state index in [0.29, 0.717) is 5.69 Å². The number of anilines is 1. The molecule has 0 radical (unpaired) electrons. The van der Waals surface area contributed by atoms with Crippen LogP contribution in [0.2, 0.25) is 0 Å². The number of aromatic nitrogens is 1. The molecule has 6 heteroatoms. The van der Waals surface area contributed by atoms with E-state index in [9.17, 15) is 15.2 Å². The Morgan fingerprint density at radius 2 is 2.12 bits per heavy atom. The summed E-state index contributed by atoms with van der Waals surface area (Å²) in [6.07, 6.45) is 5.72. The van der Waals surface area contributed by atoms with Crippen molar-refractivity contribution in [1.82, 2.24) is 4.98 Å². The van der Waals surface area contributed by atoms with Crippen molar-refractivity contribution >= 4 is 11.4 Å². The lowest BCUT2D eigenvalue weighted by molar-refractivity contribution is -0.384. The number of pyridine rings is 1. The van der Waals surface area contributed by atoms with Crippen molar-refractivity contribution < 1.29 is 10.0 Å². The summed E-state index contributed by atoms with van der Waals surface area (Å²) in [5.74, 6) is 0. The number of aliphatic hydroxyl groups excluding tert-OH is 1. The summed E-state index contributed by atoms with van der Waals surface area (Å²) < 4.78 is 0. The van der Waals surface area contributed by atoms with Gasteiger partial charge in [-0.3, -0.25) is 15.1 Å². The third-order valence-electron chi connectivity index (χ3n) is 3.05. The molecule has 17 heavy (non-hydrogen) atoms. The van der Waals surface area contributed by atoms with Gasteiger partial charge in [0.05, 0.1) is 11.0 Å². The Balaban J connectivity index is 2.05. The van der Waals surface area contributed by atoms with Crippen molar-refractivity contribution in [3.05, 3.63) is 28.6 Å². The standard InChI is InChI=1S/C11H15N3O3/c15-9-3-1-8(2-4-9)13-10-5-6-12-7-11(10)14(16)17/h5-9,15H,1-4H2,(H,12,13). The number of nitrogens with one attached hydrogen (secondary N) is 1. The maximum absolute atomic E-state index is 10.8. The predicted molar refractivity (Wildman–Crippen MR) is 62.8 cm³/mol. The quantitative estimate of drug-likeness (QED) is 0.617. The molecule has 2 N–H and O–H groups in total. The van der Waals surface area contributed by atoms with Gasteiger partial charge in [0.2, 0.25) is 0 Å². The lowest BCUT2D eigenvalue weighted by Gasteiger charge is -2.26. The van der Waals surface area contributed by atoms with E-state index in [0.717, 1.165) is 25.7 Å². The number of hydrogen-bond acceptors (Lipinski definition) is 5. The molecule has 0 atom stereocenters. The zero-order valence-corrected chi connectivity index (χ0v) is 9.37. The van der Waals surface area contributed by atoms with Crippen molar-refractivity contribution in [3.8, 4) is 0 Å². The highest BCUT2D eigenvalue weighted by molar-refractivity contribution is 5.60. The molecule has 1 heterocycles. The Morgan fingerprint density at radius 1 is 1.41 bits per heavy atom. The molecule has 0 unspecified atom stereocenters. The van der Waals surface area contributed by atoms with Gasteiger partial charge in [0.25, 0.3) is 0 Å². The molecule has 1 saturated carbocycles. The molecule has 0 amide bonds. The molecule has 0 bridgehead atoms. The van der Waals surface area contributed by atoms with Gasteiger partial charge < -0.3 is 10.4 Å². The average Bonchev–Trinajstić information content (AvgIpc) is 2.32. The van der Waals surface area contributed by atoms with E-state index in [1.54, 1.807) is 6.07 Å². The topological polar surface area (TPSA) is 88.3 Å². The third-order valence-corrected chi connectivity index (χ3v) is 3.05. The van der Waals surface area contributed by atoms with Crippen LogP contribution in [0.3, 0.4) is 0 Å². The van der Waals surface area contributed by atoms with Gasteiger partial charge in [0, 0.05) is 12.2 Å². The first-order chi connectivity index (χ1) is 8.16. The van der Waals surface area contributed by atoms with Crippen LogP contribution in [0.4, 0.5) is 11.4 Å². The monoisotopic (exact) mass is 237 g/mol. The molecule has 1 fully saturated rings. The zero-order chi connectivity index (χ0) is 12.3. The van der Waals surface area contributed by atoms with Crippen LogP contribution in [-0.4, -0.2) is 27.2 Å². The average molecular weight is 237 g/mol. The predicted octanol–water partition coefficient (Wildman–Crippen LogP) is 1.71. The Kier molecular flexibility index (Phi) is 3.53. The Hall–Kier alpha value is -1.69. The van der Waals surface area contributed by atoms with Crippen molar-refractivity contribution in [1.29, 1.82) is 0 Å². The van der Waals surface area contributed by atoms with Crippen molar-refractivity contribution in [2.45, 2.75) is 37.8 Å². The van der Waals surface area contributed by atoms with Crippen molar-refractivity contribution in [2.24, 2.45) is 0 Å². The molecule has 1 aromatic heterocycles. The van der Waals surface area contributed by atoms with E-state index < -0.39 is 4.92 Å². The second-order valence-electron chi connectivity index (χ2n) is 4.30. The third kappa shape index (κ3) is 2.91. The minimum Gasteiger partial charge on any atom is -0.393 e. The number of rotatable bonds is 3. The fourth-order valence-electron chi connectivity index (χ4n) is 2.09. The molecule has 1 aromatic rings. The maximum Gasteiger partial charge on any atom is 0.310 e. The van der Waals surface area contributed by atoms with Crippen LogP contribution >= 0.6 is 0 Å². The second kappa shape index (κ2) is 5.09. The van der Waals surface area contributed by atoms with Crippen LogP contribution in [-0.2, 0) is 0 Å². The van der Waals surface area contributed by atoms with Crippen LogP contribution in [0, 0.1) is 10.1 Å². The first kappa shape index (κ1) is 11.8. The molecular weight excluding hydrogens is 222 g/mol. The van der Waals surface area contributed by atoms with Gasteiger partial charge in [-0.05, 0) is 31.7 Å². The molecule has 0 aromatic carbocycles. The second-order valence-corrected chi connectivity index (χ2v) is 4.30. The van der Waals surface area contributed by atoms with E-state index in [2.05, 4.69) is 10.3 Å². The molecule has 0 aliphatic heterocycles. The highest BCUT2D eigenvalue weighted by Gasteiger charge is 2.22. The van der Waals surface area contributed by atoms with Gasteiger partial charge in [0.1, 0.15) is 11.9 Å². The number of nitro groups is 1. The fraction of sp³-hybridized carbons (Fsp3) is 0.545. The van der Waals surface area contributed by atoms with Crippen LogP contribution < -0.4 is 5.32 Å². The lowest BCUT2D eigenvalue weighted by Crippen LogP contribution is -2.28. The summed E-state index contributed by atoms with van der Waals surface area (Å²) in [7, 11) is 0. The molecule has 0 spiro atoms. The summed E-state index contributed by atoms with van der Waals surface area (Å²) in [6, 6.07) is 1.81. The normalized spacial score (nSPS) is 24.3. The largest absolute Gasteiger partial charge is 0.393 e. The minimum atomic E-state index is -0.437. The summed E-state index contributed by atoms with van der Waals surface area (Å²) in [6.45, 7) is 0. The number of nitrogens with zero attached hydrogens (tertiary/aromatic N) is 2. The van der Waals surface area contributed by atoms with Gasteiger partial charge >= 0.3 is 5.69 Å². The maximum atomic E-state index is 10.8. The van der Waals surface area contributed by atoms with E-state index in [-0.39, 0.29) is 17.8 Å². The molecule has 6 nitrogen and oxygen atoms in total. The summed E-state index contributed by atoms with van der Waals surface area (Å²) in [5, 5.41) is 23.3. The first-order valence-corrected chi connectivity index (χ1v) is 5.70. The Bertz CT molecular complexity index is 403. The zero-order valence-electron chi connectivity index (χ0n) is 9.37. The molecule has 1 aliphatic carbocycles. The minimum absolute atomic E-state index is 0.00128. The van der Waals surface area contributed by atoms with Gasteiger partial charge in [-0.25, -0.2) is 0 Å². The summed E-state index contributed by atoms with van der Waals surface area (Å²) >= 11 is 0.